The average molecular weight is 363 g/mol. The van der Waals surface area contributed by atoms with Gasteiger partial charge in [0.15, 0.2) is 0 Å². The van der Waals surface area contributed by atoms with Crippen molar-refractivity contribution in [2.24, 2.45) is 0 Å². The van der Waals surface area contributed by atoms with E-state index in [1.54, 1.807) is 24.3 Å². The molecule has 3 aromatic rings. The predicted octanol–water partition coefficient (Wildman–Crippen LogP) is 5.83. The molecule has 0 aliphatic heterocycles. The molecule has 0 aliphatic rings. The third kappa shape index (κ3) is 2.41. The number of nitro groups is 1. The summed E-state index contributed by atoms with van der Waals surface area (Å²) < 4.78 is 0.857. The van der Waals surface area contributed by atoms with Crippen molar-refractivity contribution in [3.05, 3.63) is 74.2 Å². The summed E-state index contributed by atoms with van der Waals surface area (Å²) in [5.41, 5.74) is 1.45. The Hall–Kier alpha value is -1.91. The van der Waals surface area contributed by atoms with Gasteiger partial charge in [-0.1, -0.05) is 57.9 Å². The van der Waals surface area contributed by atoms with Crippen LogP contribution >= 0.6 is 27.5 Å². The lowest BCUT2D eigenvalue weighted by molar-refractivity contribution is -0.384. The van der Waals surface area contributed by atoms with E-state index in [1.165, 1.54) is 6.07 Å². The standard InChI is InChI=1S/C16H9BrClNO2/c17-13-6-3-5-12-14(18)9-8-11(16(12)13)10-4-1-2-7-15(10)19(20)21/h1-9H. The second-order valence-corrected chi connectivity index (χ2v) is 5.79. The molecule has 0 bridgehead atoms. The number of nitro benzene ring substituents is 1. The molecule has 0 aromatic heterocycles. The SMILES string of the molecule is O=[N+]([O-])c1ccccc1-c1ccc(Cl)c2cccc(Br)c12. The van der Waals surface area contributed by atoms with Gasteiger partial charge in [0.1, 0.15) is 0 Å². The zero-order chi connectivity index (χ0) is 15.0. The van der Waals surface area contributed by atoms with Crippen molar-refractivity contribution in [2.75, 3.05) is 0 Å². The van der Waals surface area contributed by atoms with E-state index in [4.69, 9.17) is 11.6 Å². The van der Waals surface area contributed by atoms with Crippen LogP contribution in [-0.2, 0) is 0 Å². The third-order valence-corrected chi connectivity index (χ3v) is 4.32. The van der Waals surface area contributed by atoms with E-state index >= 15 is 0 Å². The summed E-state index contributed by atoms with van der Waals surface area (Å²) in [5.74, 6) is 0. The lowest BCUT2D eigenvalue weighted by Crippen LogP contribution is -1.92. The highest BCUT2D eigenvalue weighted by Gasteiger charge is 2.18. The minimum Gasteiger partial charge on any atom is -0.258 e. The van der Waals surface area contributed by atoms with Crippen LogP contribution in [0.2, 0.25) is 5.02 Å². The lowest BCUT2D eigenvalue weighted by Gasteiger charge is -2.10. The fourth-order valence-electron chi connectivity index (χ4n) is 2.41. The Bertz CT molecular complexity index is 864. The highest BCUT2D eigenvalue weighted by molar-refractivity contribution is 9.10. The summed E-state index contributed by atoms with van der Waals surface area (Å²) in [6, 6.07) is 16.0. The minimum atomic E-state index is -0.368. The van der Waals surface area contributed by atoms with Gasteiger partial charge in [-0.15, -0.1) is 0 Å². The first-order chi connectivity index (χ1) is 10.1. The molecular formula is C16H9BrClNO2. The third-order valence-electron chi connectivity index (χ3n) is 3.33. The summed E-state index contributed by atoms with van der Waals surface area (Å²) in [6.07, 6.45) is 0. The second-order valence-electron chi connectivity index (χ2n) is 4.53. The fourth-order valence-corrected chi connectivity index (χ4v) is 3.21. The molecular weight excluding hydrogens is 354 g/mol. The zero-order valence-electron chi connectivity index (χ0n) is 10.7. The highest BCUT2D eigenvalue weighted by atomic mass is 79.9. The first-order valence-electron chi connectivity index (χ1n) is 6.20. The van der Waals surface area contributed by atoms with Gasteiger partial charge in [0, 0.05) is 26.3 Å². The number of benzene rings is 3. The molecule has 0 spiro atoms. The molecule has 104 valence electrons. The number of hydrogen-bond acceptors (Lipinski definition) is 2. The number of halogens is 2. The monoisotopic (exact) mass is 361 g/mol. The van der Waals surface area contributed by atoms with Crippen LogP contribution < -0.4 is 0 Å². The van der Waals surface area contributed by atoms with E-state index in [0.29, 0.717) is 10.6 Å². The van der Waals surface area contributed by atoms with E-state index in [0.717, 1.165) is 20.8 Å². The second kappa shape index (κ2) is 5.47. The van der Waals surface area contributed by atoms with Crippen LogP contribution in [0.3, 0.4) is 0 Å². The summed E-state index contributed by atoms with van der Waals surface area (Å²) in [4.78, 5) is 10.9. The van der Waals surface area contributed by atoms with Crippen LogP contribution in [0.4, 0.5) is 5.69 Å². The Kier molecular flexibility index (Phi) is 3.66. The number of hydrogen-bond donors (Lipinski definition) is 0. The maximum absolute atomic E-state index is 11.3. The summed E-state index contributed by atoms with van der Waals surface area (Å²) >= 11 is 9.75. The molecule has 0 unspecified atom stereocenters. The Balaban J connectivity index is 2.42. The average Bonchev–Trinajstić information content (AvgIpc) is 2.48. The maximum atomic E-state index is 11.3. The molecule has 3 nitrogen and oxygen atoms in total. The van der Waals surface area contributed by atoms with E-state index in [-0.39, 0.29) is 10.6 Å². The van der Waals surface area contributed by atoms with E-state index < -0.39 is 0 Å². The van der Waals surface area contributed by atoms with Gasteiger partial charge >= 0.3 is 0 Å². The molecule has 0 saturated heterocycles. The molecule has 0 fully saturated rings. The van der Waals surface area contributed by atoms with Crippen molar-refractivity contribution in [1.29, 1.82) is 0 Å². The zero-order valence-corrected chi connectivity index (χ0v) is 13.1. The Morgan fingerprint density at radius 2 is 1.71 bits per heavy atom. The molecule has 0 saturated carbocycles. The first kappa shape index (κ1) is 14.0. The van der Waals surface area contributed by atoms with Crippen LogP contribution in [0.1, 0.15) is 0 Å². The normalized spacial score (nSPS) is 10.8. The predicted molar refractivity (Wildman–Crippen MR) is 88.7 cm³/mol. The minimum absolute atomic E-state index is 0.0804. The van der Waals surface area contributed by atoms with Gasteiger partial charge in [-0.3, -0.25) is 10.1 Å². The molecule has 3 aromatic carbocycles. The first-order valence-corrected chi connectivity index (χ1v) is 7.37. The van der Waals surface area contributed by atoms with Crippen molar-refractivity contribution >= 4 is 44.0 Å². The molecule has 0 aliphatic carbocycles. The van der Waals surface area contributed by atoms with Crippen LogP contribution in [0.25, 0.3) is 21.9 Å². The van der Waals surface area contributed by atoms with Gasteiger partial charge in [0.2, 0.25) is 0 Å². The summed E-state index contributed by atoms with van der Waals surface area (Å²) in [7, 11) is 0. The lowest BCUT2D eigenvalue weighted by atomic mass is 9.97. The molecule has 21 heavy (non-hydrogen) atoms. The van der Waals surface area contributed by atoms with Crippen molar-refractivity contribution in [3.8, 4) is 11.1 Å². The van der Waals surface area contributed by atoms with Crippen LogP contribution in [0.5, 0.6) is 0 Å². The number of para-hydroxylation sites is 1. The van der Waals surface area contributed by atoms with Gasteiger partial charge in [-0.05, 0) is 23.8 Å². The summed E-state index contributed by atoms with van der Waals surface area (Å²) in [6.45, 7) is 0. The molecule has 5 heteroatoms. The van der Waals surface area contributed by atoms with E-state index in [9.17, 15) is 10.1 Å². The Morgan fingerprint density at radius 3 is 2.48 bits per heavy atom. The molecule has 0 heterocycles. The Morgan fingerprint density at radius 1 is 0.952 bits per heavy atom. The van der Waals surface area contributed by atoms with Gasteiger partial charge in [0.25, 0.3) is 5.69 Å². The summed E-state index contributed by atoms with van der Waals surface area (Å²) in [5, 5.41) is 13.6. The van der Waals surface area contributed by atoms with Crippen molar-refractivity contribution < 1.29 is 4.92 Å². The number of nitrogens with zero attached hydrogens (tertiary/aromatic N) is 1. The highest BCUT2D eigenvalue weighted by Crippen LogP contribution is 2.40. The topological polar surface area (TPSA) is 43.1 Å². The molecule has 0 atom stereocenters. The quantitative estimate of drug-likeness (QED) is 0.425. The van der Waals surface area contributed by atoms with Gasteiger partial charge < -0.3 is 0 Å². The molecule has 0 radical (unpaired) electrons. The maximum Gasteiger partial charge on any atom is 0.277 e. The van der Waals surface area contributed by atoms with Crippen LogP contribution in [0, 0.1) is 10.1 Å². The number of fused-ring (bicyclic) bond motifs is 1. The van der Waals surface area contributed by atoms with Crippen LogP contribution in [-0.4, -0.2) is 4.92 Å². The van der Waals surface area contributed by atoms with Gasteiger partial charge in [-0.25, -0.2) is 0 Å². The van der Waals surface area contributed by atoms with Crippen molar-refractivity contribution in [2.45, 2.75) is 0 Å². The van der Waals surface area contributed by atoms with Crippen LogP contribution in [0.15, 0.2) is 59.1 Å². The fraction of sp³-hybridized carbons (Fsp3) is 0. The number of rotatable bonds is 2. The van der Waals surface area contributed by atoms with Crippen molar-refractivity contribution in [1.82, 2.24) is 0 Å². The van der Waals surface area contributed by atoms with Gasteiger partial charge in [-0.2, -0.15) is 0 Å². The molecule has 3 rings (SSSR count). The largest absolute Gasteiger partial charge is 0.277 e. The Labute approximate surface area is 134 Å². The molecule has 0 N–H and O–H groups in total. The van der Waals surface area contributed by atoms with Gasteiger partial charge in [0.05, 0.1) is 10.5 Å². The smallest absolute Gasteiger partial charge is 0.258 e. The van der Waals surface area contributed by atoms with E-state index in [1.807, 2.05) is 24.3 Å². The van der Waals surface area contributed by atoms with E-state index in [2.05, 4.69) is 15.9 Å². The van der Waals surface area contributed by atoms with Crippen molar-refractivity contribution in [3.63, 3.8) is 0 Å². The molecule has 0 amide bonds.